The van der Waals surface area contributed by atoms with E-state index in [0.29, 0.717) is 19.7 Å². The molecule has 5 heteroatoms. The molecule has 1 aliphatic heterocycles. The molecule has 0 aliphatic carbocycles. The van der Waals surface area contributed by atoms with E-state index in [9.17, 15) is 4.79 Å². The first-order valence-corrected chi connectivity index (χ1v) is 8.35. The smallest absolute Gasteiger partial charge is 0.320 e. The molecule has 2 aromatic carbocycles. The molecule has 0 saturated carbocycles. The van der Waals surface area contributed by atoms with Crippen molar-refractivity contribution in [3.05, 3.63) is 59.2 Å². The van der Waals surface area contributed by atoms with Crippen molar-refractivity contribution in [2.75, 3.05) is 27.3 Å². The average Bonchev–Trinajstić information content (AvgIpc) is 2.66. The Morgan fingerprint density at radius 3 is 2.40 bits per heavy atom. The summed E-state index contributed by atoms with van der Waals surface area (Å²) < 4.78 is 16.1. The Kier molecular flexibility index (Phi) is 5.56. The quantitative estimate of drug-likeness (QED) is 0.756. The van der Waals surface area contributed by atoms with Crippen LogP contribution in [0.15, 0.2) is 42.5 Å². The summed E-state index contributed by atoms with van der Waals surface area (Å²) in [4.78, 5) is 14.2. The molecule has 1 heterocycles. The summed E-state index contributed by atoms with van der Waals surface area (Å²) in [7, 11) is 3.27. The number of hydrogen-bond donors (Lipinski definition) is 0. The number of carbonyl (C=O) groups is 1. The minimum Gasteiger partial charge on any atom is -0.493 e. The molecular weight excluding hydrogens is 318 g/mol. The van der Waals surface area contributed by atoms with E-state index in [1.165, 1.54) is 11.1 Å². The zero-order chi connectivity index (χ0) is 17.6. The summed E-state index contributed by atoms with van der Waals surface area (Å²) in [5.41, 5.74) is 3.41. The van der Waals surface area contributed by atoms with Crippen LogP contribution in [0.3, 0.4) is 0 Å². The lowest BCUT2D eigenvalue weighted by molar-refractivity contribution is -0.146. The molecule has 3 rings (SSSR count). The second-order valence-corrected chi connectivity index (χ2v) is 6.08. The molecule has 0 unspecified atom stereocenters. The molecule has 0 saturated heterocycles. The molecule has 2 aromatic rings. The largest absolute Gasteiger partial charge is 0.493 e. The van der Waals surface area contributed by atoms with Gasteiger partial charge in [-0.15, -0.1) is 0 Å². The van der Waals surface area contributed by atoms with Gasteiger partial charge in [0.05, 0.1) is 20.8 Å². The topological polar surface area (TPSA) is 48.0 Å². The Bertz CT molecular complexity index is 730. The van der Waals surface area contributed by atoms with Crippen molar-refractivity contribution < 1.29 is 19.0 Å². The van der Waals surface area contributed by atoms with Crippen LogP contribution in [0, 0.1) is 0 Å². The maximum Gasteiger partial charge on any atom is 0.320 e. The van der Waals surface area contributed by atoms with Gasteiger partial charge in [0, 0.05) is 13.1 Å². The minimum atomic E-state index is -0.201. The summed E-state index contributed by atoms with van der Waals surface area (Å²) in [6.07, 6.45) is 0.877. The van der Waals surface area contributed by atoms with Gasteiger partial charge in [0.25, 0.3) is 0 Å². The van der Waals surface area contributed by atoms with Crippen LogP contribution in [-0.2, 0) is 29.1 Å². The number of esters is 1. The van der Waals surface area contributed by atoms with Crippen LogP contribution < -0.4 is 9.47 Å². The van der Waals surface area contributed by atoms with Crippen LogP contribution in [-0.4, -0.2) is 38.2 Å². The van der Waals surface area contributed by atoms with Gasteiger partial charge < -0.3 is 14.2 Å². The number of rotatable bonds is 6. The number of fused-ring (bicyclic) bond motifs is 1. The van der Waals surface area contributed by atoms with Crippen molar-refractivity contribution in [3.8, 4) is 11.5 Å². The molecule has 0 aromatic heterocycles. The summed E-state index contributed by atoms with van der Waals surface area (Å²) >= 11 is 0. The molecule has 132 valence electrons. The maximum absolute atomic E-state index is 12.1. The van der Waals surface area contributed by atoms with E-state index in [4.69, 9.17) is 14.2 Å². The van der Waals surface area contributed by atoms with Crippen LogP contribution in [0.2, 0.25) is 0 Å². The fourth-order valence-corrected chi connectivity index (χ4v) is 3.04. The normalized spacial score (nSPS) is 13.8. The third-order valence-corrected chi connectivity index (χ3v) is 4.39. The predicted octanol–water partition coefficient (Wildman–Crippen LogP) is 2.81. The number of carbonyl (C=O) groups excluding carboxylic acids is 1. The first kappa shape index (κ1) is 17.3. The number of methoxy groups -OCH3 is 2. The molecule has 5 nitrogen and oxygen atoms in total. The summed E-state index contributed by atoms with van der Waals surface area (Å²) in [5.74, 6) is 1.26. The second kappa shape index (κ2) is 8.03. The van der Waals surface area contributed by atoms with E-state index < -0.39 is 0 Å². The van der Waals surface area contributed by atoms with Crippen LogP contribution in [0.5, 0.6) is 11.5 Å². The van der Waals surface area contributed by atoms with Gasteiger partial charge in [0.15, 0.2) is 11.5 Å². The Hall–Kier alpha value is -2.53. The Labute approximate surface area is 148 Å². The second-order valence-electron chi connectivity index (χ2n) is 6.08. The van der Waals surface area contributed by atoms with Crippen LogP contribution >= 0.6 is 0 Å². The first-order chi connectivity index (χ1) is 12.2. The van der Waals surface area contributed by atoms with Gasteiger partial charge in [-0.2, -0.15) is 0 Å². The van der Waals surface area contributed by atoms with Gasteiger partial charge in [-0.05, 0) is 35.2 Å². The molecule has 0 amide bonds. The van der Waals surface area contributed by atoms with Crippen molar-refractivity contribution >= 4 is 5.97 Å². The number of nitrogens with zero attached hydrogens (tertiary/aromatic N) is 1. The maximum atomic E-state index is 12.1. The molecule has 0 radical (unpaired) electrons. The van der Waals surface area contributed by atoms with Gasteiger partial charge in [-0.25, -0.2) is 0 Å². The van der Waals surface area contributed by atoms with Gasteiger partial charge >= 0.3 is 5.97 Å². The fourth-order valence-electron chi connectivity index (χ4n) is 3.04. The first-order valence-electron chi connectivity index (χ1n) is 8.35. The van der Waals surface area contributed by atoms with Crippen molar-refractivity contribution in [2.45, 2.75) is 19.6 Å². The zero-order valence-electron chi connectivity index (χ0n) is 14.7. The van der Waals surface area contributed by atoms with Crippen molar-refractivity contribution in [1.82, 2.24) is 4.90 Å². The summed E-state index contributed by atoms with van der Waals surface area (Å²) in [6, 6.07) is 13.7. The van der Waals surface area contributed by atoms with Crippen molar-refractivity contribution in [1.29, 1.82) is 0 Å². The minimum absolute atomic E-state index is 0.201. The van der Waals surface area contributed by atoms with Crippen LogP contribution in [0.4, 0.5) is 0 Å². The lowest BCUT2D eigenvalue weighted by Gasteiger charge is -2.28. The lowest BCUT2D eigenvalue weighted by atomic mass is 9.99. The molecule has 0 fully saturated rings. The van der Waals surface area contributed by atoms with E-state index in [0.717, 1.165) is 30.0 Å². The monoisotopic (exact) mass is 341 g/mol. The number of ether oxygens (including phenoxy) is 3. The SMILES string of the molecule is COc1cc2c(cc1OC)CN(CC(=O)OCc1ccccc1)CC2. The zero-order valence-corrected chi connectivity index (χ0v) is 14.7. The highest BCUT2D eigenvalue weighted by Gasteiger charge is 2.21. The van der Waals surface area contributed by atoms with E-state index >= 15 is 0 Å². The highest BCUT2D eigenvalue weighted by molar-refractivity contribution is 5.71. The molecule has 0 atom stereocenters. The van der Waals surface area contributed by atoms with Crippen LogP contribution in [0.25, 0.3) is 0 Å². The van der Waals surface area contributed by atoms with Gasteiger partial charge in [0.2, 0.25) is 0 Å². The van der Waals surface area contributed by atoms with E-state index in [2.05, 4.69) is 4.90 Å². The fraction of sp³-hybridized carbons (Fsp3) is 0.350. The molecule has 1 aliphatic rings. The highest BCUT2D eigenvalue weighted by atomic mass is 16.5. The van der Waals surface area contributed by atoms with E-state index in [1.807, 2.05) is 42.5 Å². The highest BCUT2D eigenvalue weighted by Crippen LogP contribution is 2.33. The summed E-state index contributed by atoms with van der Waals surface area (Å²) in [6.45, 7) is 2.13. The van der Waals surface area contributed by atoms with Crippen molar-refractivity contribution in [3.63, 3.8) is 0 Å². The Morgan fingerprint density at radius 1 is 1.04 bits per heavy atom. The molecule has 0 bridgehead atoms. The third-order valence-electron chi connectivity index (χ3n) is 4.39. The number of hydrogen-bond acceptors (Lipinski definition) is 5. The Balaban J connectivity index is 1.58. The van der Waals surface area contributed by atoms with E-state index in [1.54, 1.807) is 14.2 Å². The summed E-state index contributed by atoms with van der Waals surface area (Å²) in [5, 5.41) is 0. The molecule has 25 heavy (non-hydrogen) atoms. The van der Waals surface area contributed by atoms with E-state index in [-0.39, 0.29) is 5.97 Å². The third kappa shape index (κ3) is 4.31. The standard InChI is InChI=1S/C20H23NO4/c1-23-18-10-16-8-9-21(12-17(16)11-19(18)24-2)13-20(22)25-14-15-6-4-3-5-7-15/h3-7,10-11H,8-9,12-14H2,1-2H3. The number of benzene rings is 2. The van der Waals surface area contributed by atoms with Crippen molar-refractivity contribution in [2.24, 2.45) is 0 Å². The lowest BCUT2D eigenvalue weighted by Crippen LogP contribution is -2.35. The molecular formula is C20H23NO4. The van der Waals surface area contributed by atoms with Crippen LogP contribution in [0.1, 0.15) is 16.7 Å². The molecule has 0 spiro atoms. The molecule has 0 N–H and O–H groups in total. The van der Waals surface area contributed by atoms with Gasteiger partial charge in [-0.1, -0.05) is 30.3 Å². The van der Waals surface area contributed by atoms with Gasteiger partial charge in [0.1, 0.15) is 6.61 Å². The predicted molar refractivity (Wildman–Crippen MR) is 94.8 cm³/mol. The average molecular weight is 341 g/mol. The Morgan fingerprint density at radius 2 is 1.72 bits per heavy atom. The van der Waals surface area contributed by atoms with Gasteiger partial charge in [-0.3, -0.25) is 9.69 Å².